The van der Waals surface area contributed by atoms with E-state index in [0.717, 1.165) is 22.5 Å². The van der Waals surface area contributed by atoms with Crippen LogP contribution in [0, 0.1) is 0 Å². The van der Waals surface area contributed by atoms with Gasteiger partial charge >= 0.3 is 0 Å². The van der Waals surface area contributed by atoms with E-state index >= 15 is 0 Å². The molecule has 0 aliphatic carbocycles. The number of fused-ring (bicyclic) bond motifs is 1. The van der Waals surface area contributed by atoms with Crippen molar-refractivity contribution in [3.63, 3.8) is 0 Å². The third kappa shape index (κ3) is 2.35. The molecule has 0 saturated carbocycles. The summed E-state index contributed by atoms with van der Waals surface area (Å²) in [5.74, 6) is 1.61. The Balaban J connectivity index is 1.93. The van der Waals surface area contributed by atoms with Crippen molar-refractivity contribution in [2.45, 2.75) is 31.8 Å². The molecular weight excluding hydrogens is 308 g/mol. The molecule has 0 amide bonds. The maximum atomic E-state index is 6.01. The van der Waals surface area contributed by atoms with Crippen molar-refractivity contribution >= 4 is 15.9 Å². The Morgan fingerprint density at radius 3 is 3.00 bits per heavy atom. The average Bonchev–Trinajstić information content (AvgIpc) is 3.00. The summed E-state index contributed by atoms with van der Waals surface area (Å²) in [6, 6.07) is 5.02. The normalized spacial score (nSPS) is 23.8. The Bertz CT molecular complexity index is 481. The lowest BCUT2D eigenvalue weighted by molar-refractivity contribution is 0.173. The number of ether oxygens (including phenoxy) is 2. The first-order chi connectivity index (χ1) is 9.20. The molecule has 0 radical (unpaired) electrons. The minimum Gasteiger partial charge on any atom is -0.454 e. The first-order valence-electron chi connectivity index (χ1n) is 6.75. The predicted octanol–water partition coefficient (Wildman–Crippen LogP) is 2.66. The molecule has 2 heterocycles. The molecule has 19 heavy (non-hydrogen) atoms. The van der Waals surface area contributed by atoms with Crippen molar-refractivity contribution in [2.24, 2.45) is 5.73 Å². The van der Waals surface area contributed by atoms with E-state index in [1.54, 1.807) is 0 Å². The molecule has 2 unspecified atom stereocenters. The van der Waals surface area contributed by atoms with Crippen molar-refractivity contribution < 1.29 is 9.47 Å². The number of benzene rings is 1. The van der Waals surface area contributed by atoms with E-state index in [9.17, 15) is 0 Å². The van der Waals surface area contributed by atoms with Gasteiger partial charge in [-0.25, -0.2) is 0 Å². The molecule has 1 fully saturated rings. The van der Waals surface area contributed by atoms with Crippen molar-refractivity contribution in [3.8, 4) is 11.5 Å². The summed E-state index contributed by atoms with van der Waals surface area (Å²) in [7, 11) is 0. The fraction of sp³-hybridized carbons (Fsp3) is 0.571. The van der Waals surface area contributed by atoms with Gasteiger partial charge < -0.3 is 15.2 Å². The van der Waals surface area contributed by atoms with Crippen molar-refractivity contribution in [3.05, 3.63) is 22.2 Å². The van der Waals surface area contributed by atoms with Gasteiger partial charge in [-0.1, -0.05) is 0 Å². The zero-order valence-corrected chi connectivity index (χ0v) is 12.6. The van der Waals surface area contributed by atoms with Gasteiger partial charge in [0, 0.05) is 18.6 Å². The van der Waals surface area contributed by atoms with E-state index in [2.05, 4.69) is 39.9 Å². The first-order valence-corrected chi connectivity index (χ1v) is 7.55. The first kappa shape index (κ1) is 13.2. The summed E-state index contributed by atoms with van der Waals surface area (Å²) in [4.78, 5) is 2.49. The Morgan fingerprint density at radius 2 is 2.32 bits per heavy atom. The molecule has 104 valence electrons. The zero-order valence-electron chi connectivity index (χ0n) is 11.1. The van der Waals surface area contributed by atoms with E-state index in [-0.39, 0.29) is 6.04 Å². The summed E-state index contributed by atoms with van der Waals surface area (Å²) in [6.07, 6.45) is 2.51. The van der Waals surface area contributed by atoms with Crippen LogP contribution in [0.3, 0.4) is 0 Å². The molecule has 2 aliphatic rings. The highest BCUT2D eigenvalue weighted by molar-refractivity contribution is 9.10. The quantitative estimate of drug-likeness (QED) is 0.927. The summed E-state index contributed by atoms with van der Waals surface area (Å²) < 4.78 is 11.9. The van der Waals surface area contributed by atoms with Crippen molar-refractivity contribution in [2.75, 3.05) is 19.9 Å². The summed E-state index contributed by atoms with van der Waals surface area (Å²) in [6.45, 7) is 4.31. The van der Waals surface area contributed by atoms with Crippen LogP contribution in [-0.2, 0) is 0 Å². The lowest BCUT2D eigenvalue weighted by Crippen LogP contribution is -2.36. The number of nitrogens with two attached hydrogens (primary N) is 1. The van der Waals surface area contributed by atoms with Gasteiger partial charge in [-0.05, 0) is 59.9 Å². The molecule has 0 spiro atoms. The minimum atomic E-state index is 0.253. The SMILES string of the molecule is CC1CCCN1C(CN)c1cc(Br)c2c(c1)OCO2. The topological polar surface area (TPSA) is 47.7 Å². The molecule has 5 heteroatoms. The summed E-state index contributed by atoms with van der Waals surface area (Å²) >= 11 is 3.55. The molecule has 3 rings (SSSR count). The molecule has 0 bridgehead atoms. The number of hydrogen-bond acceptors (Lipinski definition) is 4. The van der Waals surface area contributed by atoms with Crippen LogP contribution in [0.4, 0.5) is 0 Å². The Hall–Kier alpha value is -0.780. The van der Waals surface area contributed by atoms with Gasteiger partial charge in [-0.2, -0.15) is 0 Å². The van der Waals surface area contributed by atoms with Crippen molar-refractivity contribution in [1.82, 2.24) is 4.90 Å². The van der Waals surface area contributed by atoms with Crippen LogP contribution < -0.4 is 15.2 Å². The van der Waals surface area contributed by atoms with Gasteiger partial charge in [-0.15, -0.1) is 0 Å². The highest BCUT2D eigenvalue weighted by Gasteiger charge is 2.29. The van der Waals surface area contributed by atoms with Crippen LogP contribution in [0.2, 0.25) is 0 Å². The molecule has 1 aromatic rings. The number of halogens is 1. The molecule has 4 nitrogen and oxygen atoms in total. The molecule has 1 saturated heterocycles. The number of hydrogen-bond donors (Lipinski definition) is 1. The fourth-order valence-electron chi connectivity index (χ4n) is 3.06. The second kappa shape index (κ2) is 5.31. The molecule has 1 aromatic carbocycles. The molecule has 2 N–H and O–H groups in total. The monoisotopic (exact) mass is 326 g/mol. The lowest BCUT2D eigenvalue weighted by atomic mass is 10.0. The van der Waals surface area contributed by atoms with Crippen LogP contribution in [0.5, 0.6) is 11.5 Å². The third-order valence-corrected chi connectivity index (χ3v) is 4.65. The largest absolute Gasteiger partial charge is 0.454 e. The van der Waals surface area contributed by atoms with E-state index in [0.29, 0.717) is 19.4 Å². The molecule has 2 aliphatic heterocycles. The standard InChI is InChI=1S/C14H19BrN2O2/c1-9-3-2-4-17(9)12(7-16)10-5-11(15)14-13(6-10)18-8-19-14/h5-6,9,12H,2-4,7-8,16H2,1H3. The molecule has 2 atom stereocenters. The molecule has 0 aromatic heterocycles. The van der Waals surface area contributed by atoms with E-state index in [1.807, 2.05) is 0 Å². The van der Waals surface area contributed by atoms with Gasteiger partial charge in [0.15, 0.2) is 11.5 Å². The average molecular weight is 327 g/mol. The maximum Gasteiger partial charge on any atom is 0.231 e. The van der Waals surface area contributed by atoms with Crippen LogP contribution in [0.1, 0.15) is 31.4 Å². The third-order valence-electron chi connectivity index (χ3n) is 4.06. The van der Waals surface area contributed by atoms with E-state index < -0.39 is 0 Å². The number of nitrogens with zero attached hydrogens (tertiary/aromatic N) is 1. The second-order valence-electron chi connectivity index (χ2n) is 5.22. The second-order valence-corrected chi connectivity index (χ2v) is 6.07. The number of rotatable bonds is 3. The summed E-state index contributed by atoms with van der Waals surface area (Å²) in [5, 5.41) is 0. The smallest absolute Gasteiger partial charge is 0.231 e. The van der Waals surface area contributed by atoms with Gasteiger partial charge in [0.2, 0.25) is 6.79 Å². The molecular formula is C14H19BrN2O2. The van der Waals surface area contributed by atoms with Crippen LogP contribution in [0.25, 0.3) is 0 Å². The Morgan fingerprint density at radius 1 is 1.47 bits per heavy atom. The lowest BCUT2D eigenvalue weighted by Gasteiger charge is -2.31. The predicted molar refractivity (Wildman–Crippen MR) is 77.5 cm³/mol. The number of likely N-dealkylation sites (tertiary alicyclic amines) is 1. The minimum absolute atomic E-state index is 0.253. The summed E-state index contributed by atoms with van der Waals surface area (Å²) in [5.41, 5.74) is 7.21. The van der Waals surface area contributed by atoms with Crippen LogP contribution in [0.15, 0.2) is 16.6 Å². The van der Waals surface area contributed by atoms with Gasteiger partial charge in [-0.3, -0.25) is 4.90 Å². The maximum absolute atomic E-state index is 6.01. The van der Waals surface area contributed by atoms with Gasteiger partial charge in [0.1, 0.15) is 0 Å². The van der Waals surface area contributed by atoms with Crippen molar-refractivity contribution in [1.29, 1.82) is 0 Å². The Kier molecular flexibility index (Phi) is 3.69. The van der Waals surface area contributed by atoms with Crippen LogP contribution >= 0.6 is 15.9 Å². The highest BCUT2D eigenvalue weighted by atomic mass is 79.9. The van der Waals surface area contributed by atoms with E-state index in [1.165, 1.54) is 18.4 Å². The van der Waals surface area contributed by atoms with Crippen LogP contribution in [-0.4, -0.2) is 30.8 Å². The van der Waals surface area contributed by atoms with Gasteiger partial charge in [0.05, 0.1) is 4.47 Å². The zero-order chi connectivity index (χ0) is 13.4. The van der Waals surface area contributed by atoms with E-state index in [4.69, 9.17) is 15.2 Å². The fourth-order valence-corrected chi connectivity index (χ4v) is 3.64. The Labute approximate surface area is 122 Å². The highest BCUT2D eigenvalue weighted by Crippen LogP contribution is 2.42. The van der Waals surface area contributed by atoms with Gasteiger partial charge in [0.25, 0.3) is 0 Å².